The molecule has 2 N–H and O–H groups in total. The fraction of sp³-hybridized carbons (Fsp3) is 0.353. The molecule has 0 spiro atoms. The standard InChI is InChI=1S/C17H17ClN2O6S2/c18-15-11-3-1-2-4-12(11)27-16(15)17(23)19-7-14(22)26-8-13(21)20-10-5-6-28(24,25)9-10/h1-4,10H,5-9H2,(H,19,23)(H,20,21)/t10-/m0/s1. The Balaban J connectivity index is 1.44. The van der Waals surface area contributed by atoms with Gasteiger partial charge in [0.15, 0.2) is 16.4 Å². The van der Waals surface area contributed by atoms with Crippen LogP contribution < -0.4 is 10.6 Å². The number of halogens is 1. The number of amides is 2. The molecule has 0 unspecified atom stereocenters. The number of hydrogen-bond acceptors (Lipinski definition) is 7. The summed E-state index contributed by atoms with van der Waals surface area (Å²) < 4.78 is 28.3. The number of fused-ring (bicyclic) bond motifs is 1. The van der Waals surface area contributed by atoms with E-state index in [4.69, 9.17) is 16.3 Å². The summed E-state index contributed by atoms with van der Waals surface area (Å²) in [5, 5.41) is 5.99. The Bertz CT molecular complexity index is 1030. The number of ether oxygens (including phenoxy) is 1. The molecule has 1 aliphatic heterocycles. The minimum absolute atomic E-state index is 0.0318. The third-order valence-corrected chi connectivity index (χ3v) is 7.54. The second-order valence-electron chi connectivity index (χ2n) is 6.25. The number of carbonyl (C=O) groups is 3. The minimum Gasteiger partial charge on any atom is -0.454 e. The van der Waals surface area contributed by atoms with Crippen LogP contribution in [0.2, 0.25) is 5.02 Å². The highest BCUT2D eigenvalue weighted by molar-refractivity contribution is 7.91. The fourth-order valence-corrected chi connectivity index (χ4v) is 5.87. The van der Waals surface area contributed by atoms with Crippen molar-refractivity contribution in [2.45, 2.75) is 12.5 Å². The molecule has 0 saturated carbocycles. The van der Waals surface area contributed by atoms with Gasteiger partial charge in [0, 0.05) is 16.1 Å². The summed E-state index contributed by atoms with van der Waals surface area (Å²) in [6.07, 6.45) is 0.341. The summed E-state index contributed by atoms with van der Waals surface area (Å²) in [6.45, 7) is -0.969. The molecule has 0 radical (unpaired) electrons. The molecule has 0 bridgehead atoms. The number of hydrogen-bond donors (Lipinski definition) is 2. The van der Waals surface area contributed by atoms with Crippen molar-refractivity contribution in [3.63, 3.8) is 0 Å². The molecule has 2 amide bonds. The molecule has 1 fully saturated rings. The van der Waals surface area contributed by atoms with Gasteiger partial charge >= 0.3 is 5.97 Å². The van der Waals surface area contributed by atoms with Crippen molar-refractivity contribution in [3.8, 4) is 0 Å². The van der Waals surface area contributed by atoms with Gasteiger partial charge in [0.25, 0.3) is 11.8 Å². The number of benzene rings is 1. The van der Waals surface area contributed by atoms with Gasteiger partial charge < -0.3 is 15.4 Å². The number of thiophene rings is 1. The quantitative estimate of drug-likeness (QED) is 0.645. The minimum atomic E-state index is -3.11. The highest BCUT2D eigenvalue weighted by atomic mass is 35.5. The summed E-state index contributed by atoms with van der Waals surface area (Å²) in [6, 6.07) is 6.82. The molecule has 1 aromatic heterocycles. The zero-order chi connectivity index (χ0) is 20.3. The molecule has 1 atom stereocenters. The predicted octanol–water partition coefficient (Wildman–Crippen LogP) is 1.13. The molecular formula is C17H17ClN2O6S2. The Hall–Kier alpha value is -2.17. The molecule has 2 heterocycles. The van der Waals surface area contributed by atoms with E-state index in [0.717, 1.165) is 10.1 Å². The Morgan fingerprint density at radius 3 is 2.68 bits per heavy atom. The van der Waals surface area contributed by atoms with Crippen LogP contribution in [0.1, 0.15) is 16.1 Å². The molecule has 1 aromatic carbocycles. The van der Waals surface area contributed by atoms with Gasteiger partial charge in [-0.2, -0.15) is 0 Å². The van der Waals surface area contributed by atoms with Crippen LogP contribution >= 0.6 is 22.9 Å². The van der Waals surface area contributed by atoms with E-state index in [1.54, 1.807) is 6.07 Å². The van der Waals surface area contributed by atoms with Crippen LogP contribution in [0.3, 0.4) is 0 Å². The van der Waals surface area contributed by atoms with Gasteiger partial charge in [-0.25, -0.2) is 8.42 Å². The van der Waals surface area contributed by atoms with E-state index in [1.807, 2.05) is 18.2 Å². The largest absolute Gasteiger partial charge is 0.454 e. The van der Waals surface area contributed by atoms with E-state index >= 15 is 0 Å². The number of nitrogens with one attached hydrogen (secondary N) is 2. The van der Waals surface area contributed by atoms with Crippen LogP contribution in [0.5, 0.6) is 0 Å². The summed E-state index contributed by atoms with van der Waals surface area (Å²) in [4.78, 5) is 36.0. The Labute approximate surface area is 170 Å². The van der Waals surface area contributed by atoms with E-state index < -0.39 is 46.8 Å². The molecule has 11 heteroatoms. The number of carbonyl (C=O) groups excluding carboxylic acids is 3. The van der Waals surface area contributed by atoms with Crippen molar-refractivity contribution in [1.29, 1.82) is 0 Å². The average molecular weight is 445 g/mol. The maximum Gasteiger partial charge on any atom is 0.325 e. The zero-order valence-corrected chi connectivity index (χ0v) is 17.0. The lowest BCUT2D eigenvalue weighted by Gasteiger charge is -2.11. The maximum atomic E-state index is 12.2. The maximum absolute atomic E-state index is 12.2. The summed E-state index contributed by atoms with van der Waals surface area (Å²) in [5.41, 5.74) is 0. The lowest BCUT2D eigenvalue weighted by molar-refractivity contribution is -0.147. The SMILES string of the molecule is O=C(COC(=O)CNC(=O)c1sc2ccccc2c1Cl)N[C@H]1CCS(=O)(=O)C1. The number of rotatable bonds is 6. The third kappa shape index (κ3) is 5.00. The van der Waals surface area contributed by atoms with Crippen LogP contribution in [0.4, 0.5) is 0 Å². The first-order valence-electron chi connectivity index (χ1n) is 8.36. The van der Waals surface area contributed by atoms with Gasteiger partial charge in [0.1, 0.15) is 11.4 Å². The van der Waals surface area contributed by atoms with Crippen LogP contribution in [0.25, 0.3) is 10.1 Å². The lowest BCUT2D eigenvalue weighted by atomic mass is 10.2. The van der Waals surface area contributed by atoms with Crippen molar-refractivity contribution in [1.82, 2.24) is 10.6 Å². The van der Waals surface area contributed by atoms with E-state index in [9.17, 15) is 22.8 Å². The second kappa shape index (κ2) is 8.46. The first kappa shape index (κ1) is 20.6. The first-order valence-corrected chi connectivity index (χ1v) is 11.4. The Morgan fingerprint density at radius 2 is 2.00 bits per heavy atom. The number of esters is 1. The van der Waals surface area contributed by atoms with Gasteiger partial charge in [-0.1, -0.05) is 29.8 Å². The van der Waals surface area contributed by atoms with Crippen LogP contribution in [-0.2, 0) is 24.2 Å². The van der Waals surface area contributed by atoms with Gasteiger partial charge in [0.2, 0.25) is 0 Å². The van der Waals surface area contributed by atoms with E-state index in [1.165, 1.54) is 11.3 Å². The van der Waals surface area contributed by atoms with Crippen LogP contribution in [0.15, 0.2) is 24.3 Å². The van der Waals surface area contributed by atoms with Crippen molar-refractivity contribution in [2.24, 2.45) is 0 Å². The summed E-state index contributed by atoms with van der Waals surface area (Å²) in [5.74, 6) is -1.97. The third-order valence-electron chi connectivity index (χ3n) is 4.10. The van der Waals surface area contributed by atoms with Crippen LogP contribution in [-0.4, -0.2) is 56.9 Å². The summed E-state index contributed by atoms with van der Waals surface area (Å²) >= 11 is 7.42. The molecule has 150 valence electrons. The molecule has 1 saturated heterocycles. The zero-order valence-electron chi connectivity index (χ0n) is 14.6. The molecule has 1 aliphatic rings. The van der Waals surface area contributed by atoms with E-state index in [2.05, 4.69) is 10.6 Å². The van der Waals surface area contributed by atoms with Gasteiger partial charge in [-0.05, 0) is 12.5 Å². The van der Waals surface area contributed by atoms with Crippen molar-refractivity contribution >= 4 is 60.6 Å². The number of sulfone groups is 1. The Morgan fingerprint density at radius 1 is 1.25 bits per heavy atom. The summed E-state index contributed by atoms with van der Waals surface area (Å²) in [7, 11) is -3.11. The van der Waals surface area contributed by atoms with Crippen molar-refractivity contribution in [2.75, 3.05) is 24.7 Å². The van der Waals surface area contributed by atoms with Gasteiger partial charge in [-0.15, -0.1) is 11.3 Å². The fourth-order valence-electron chi connectivity index (χ4n) is 2.77. The average Bonchev–Trinajstić information content (AvgIpc) is 3.17. The molecule has 2 aromatic rings. The normalized spacial score (nSPS) is 18.0. The van der Waals surface area contributed by atoms with E-state index in [-0.39, 0.29) is 16.4 Å². The lowest BCUT2D eigenvalue weighted by Crippen LogP contribution is -2.39. The predicted molar refractivity (Wildman–Crippen MR) is 105 cm³/mol. The van der Waals surface area contributed by atoms with Gasteiger partial charge in [-0.3, -0.25) is 14.4 Å². The Kier molecular flexibility index (Phi) is 6.21. The topological polar surface area (TPSA) is 119 Å². The highest BCUT2D eigenvalue weighted by Gasteiger charge is 2.29. The molecule has 28 heavy (non-hydrogen) atoms. The van der Waals surface area contributed by atoms with Crippen LogP contribution in [0, 0.1) is 0 Å². The molecule has 8 nitrogen and oxygen atoms in total. The molecule has 0 aliphatic carbocycles. The molecule has 3 rings (SSSR count). The first-order chi connectivity index (χ1) is 13.2. The van der Waals surface area contributed by atoms with Crippen molar-refractivity contribution < 1.29 is 27.5 Å². The highest BCUT2D eigenvalue weighted by Crippen LogP contribution is 2.34. The van der Waals surface area contributed by atoms with Crippen molar-refractivity contribution in [3.05, 3.63) is 34.2 Å². The monoisotopic (exact) mass is 444 g/mol. The van der Waals surface area contributed by atoms with E-state index in [0.29, 0.717) is 11.4 Å². The second-order valence-corrected chi connectivity index (χ2v) is 9.91. The smallest absolute Gasteiger partial charge is 0.325 e. The molecular weight excluding hydrogens is 428 g/mol. The van der Waals surface area contributed by atoms with Gasteiger partial charge in [0.05, 0.1) is 16.5 Å².